The molecule has 5 nitrogen and oxygen atoms in total. The molecule has 1 N–H and O–H groups in total. The van der Waals surface area contributed by atoms with Crippen LogP contribution >= 0.6 is 22.7 Å². The third kappa shape index (κ3) is 3.21. The van der Waals surface area contributed by atoms with Gasteiger partial charge in [-0.1, -0.05) is 0 Å². The van der Waals surface area contributed by atoms with E-state index in [1.165, 1.54) is 34.3 Å². The second-order valence-electron chi connectivity index (χ2n) is 8.30. The zero-order valence-electron chi connectivity index (χ0n) is 16.9. The number of piperidine rings is 1. The predicted octanol–water partition coefficient (Wildman–Crippen LogP) is 5.62. The summed E-state index contributed by atoms with van der Waals surface area (Å²) in [5, 5.41) is 4.82. The molecule has 154 valence electrons. The fraction of sp³-hybridized carbons (Fsp3) is 0.391. The monoisotopic (exact) mass is 436 g/mol. The first-order valence-electron chi connectivity index (χ1n) is 10.6. The van der Waals surface area contributed by atoms with Gasteiger partial charge in [0, 0.05) is 34.1 Å². The van der Waals surface area contributed by atoms with Gasteiger partial charge in [0.25, 0.3) is 0 Å². The number of benzene rings is 1. The summed E-state index contributed by atoms with van der Waals surface area (Å²) in [5.74, 6) is 0.567. The molecule has 0 aliphatic carbocycles. The quantitative estimate of drug-likeness (QED) is 0.450. The number of thiazole rings is 1. The number of anilines is 2. The van der Waals surface area contributed by atoms with Crippen molar-refractivity contribution in [1.82, 2.24) is 14.9 Å². The van der Waals surface area contributed by atoms with Crippen LogP contribution in [0.3, 0.4) is 0 Å². The molecule has 0 radical (unpaired) electrons. The molecule has 2 aliphatic rings. The highest BCUT2D eigenvalue weighted by molar-refractivity contribution is 7.18. The number of thiophene rings is 1. The number of nitrogens with one attached hydrogen (secondary N) is 1. The SMILES string of the molecule is C[C@H]1[C@@H](c2cc3c(Nc4ccc5scnc5c4)ccnc3s2)CCCN1C1COC1. The fourth-order valence-corrected chi connectivity index (χ4v) is 6.74. The van der Waals surface area contributed by atoms with E-state index in [2.05, 4.69) is 57.4 Å². The largest absolute Gasteiger partial charge is 0.378 e. The van der Waals surface area contributed by atoms with Crippen LogP contribution in [0.1, 0.15) is 30.6 Å². The lowest BCUT2D eigenvalue weighted by Gasteiger charge is -2.46. The molecule has 2 atom stereocenters. The highest BCUT2D eigenvalue weighted by Crippen LogP contribution is 2.41. The molecule has 2 saturated heterocycles. The molecular weight excluding hydrogens is 412 g/mol. The Bertz CT molecular complexity index is 1200. The van der Waals surface area contributed by atoms with Gasteiger partial charge in [-0.3, -0.25) is 4.90 Å². The number of likely N-dealkylation sites (tertiary alicyclic amines) is 1. The number of ether oxygens (including phenoxy) is 1. The molecular formula is C23H24N4OS2. The highest BCUT2D eigenvalue weighted by Gasteiger charge is 2.37. The number of nitrogens with zero attached hydrogens (tertiary/aromatic N) is 3. The average molecular weight is 437 g/mol. The molecule has 2 aliphatic heterocycles. The first-order valence-corrected chi connectivity index (χ1v) is 12.3. The normalized spacial score (nSPS) is 23.1. The van der Waals surface area contributed by atoms with Gasteiger partial charge in [-0.05, 0) is 56.6 Å². The van der Waals surface area contributed by atoms with Crippen molar-refractivity contribution >= 4 is 54.5 Å². The van der Waals surface area contributed by atoms with Gasteiger partial charge < -0.3 is 10.1 Å². The van der Waals surface area contributed by atoms with Crippen molar-refractivity contribution in [2.45, 2.75) is 37.8 Å². The summed E-state index contributed by atoms with van der Waals surface area (Å²) >= 11 is 3.53. The minimum atomic E-state index is 0.546. The Morgan fingerprint density at radius 1 is 1.17 bits per heavy atom. The number of rotatable bonds is 4. The van der Waals surface area contributed by atoms with Crippen molar-refractivity contribution in [2.24, 2.45) is 0 Å². The Kier molecular flexibility index (Phi) is 4.71. The van der Waals surface area contributed by atoms with Gasteiger partial charge in [0.05, 0.1) is 40.7 Å². The van der Waals surface area contributed by atoms with Gasteiger partial charge in [0.2, 0.25) is 0 Å². The Morgan fingerprint density at radius 3 is 2.97 bits per heavy atom. The van der Waals surface area contributed by atoms with Gasteiger partial charge in [0.1, 0.15) is 4.83 Å². The zero-order chi connectivity index (χ0) is 20.1. The summed E-state index contributed by atoms with van der Waals surface area (Å²) in [6.07, 6.45) is 4.42. The second kappa shape index (κ2) is 7.57. The van der Waals surface area contributed by atoms with Crippen molar-refractivity contribution < 1.29 is 4.74 Å². The molecule has 6 rings (SSSR count). The number of hydrogen-bond acceptors (Lipinski definition) is 7. The van der Waals surface area contributed by atoms with Crippen LogP contribution in [0.5, 0.6) is 0 Å². The maximum absolute atomic E-state index is 5.46. The van der Waals surface area contributed by atoms with Crippen LogP contribution < -0.4 is 5.32 Å². The maximum Gasteiger partial charge on any atom is 0.125 e. The molecule has 7 heteroatoms. The van der Waals surface area contributed by atoms with E-state index in [4.69, 9.17) is 4.74 Å². The molecule has 30 heavy (non-hydrogen) atoms. The van der Waals surface area contributed by atoms with Crippen LogP contribution in [0.2, 0.25) is 0 Å². The third-order valence-electron chi connectivity index (χ3n) is 6.56. The van der Waals surface area contributed by atoms with E-state index in [0.29, 0.717) is 18.0 Å². The Hall–Kier alpha value is -2.06. The second-order valence-corrected chi connectivity index (χ2v) is 10.3. The summed E-state index contributed by atoms with van der Waals surface area (Å²) in [5.41, 5.74) is 5.12. The molecule has 4 aromatic rings. The van der Waals surface area contributed by atoms with Crippen molar-refractivity contribution in [1.29, 1.82) is 0 Å². The van der Waals surface area contributed by atoms with Gasteiger partial charge >= 0.3 is 0 Å². The molecule has 5 heterocycles. The maximum atomic E-state index is 5.46. The van der Waals surface area contributed by atoms with E-state index in [1.54, 1.807) is 11.3 Å². The van der Waals surface area contributed by atoms with E-state index >= 15 is 0 Å². The Labute approximate surface area is 183 Å². The summed E-state index contributed by atoms with van der Waals surface area (Å²) in [4.78, 5) is 14.4. The van der Waals surface area contributed by atoms with E-state index in [0.717, 1.165) is 34.9 Å². The molecule has 1 aromatic carbocycles. The molecule has 0 bridgehead atoms. The lowest BCUT2D eigenvalue weighted by Crippen LogP contribution is -2.56. The van der Waals surface area contributed by atoms with Crippen molar-refractivity contribution in [3.05, 3.63) is 46.9 Å². The predicted molar refractivity (Wildman–Crippen MR) is 125 cm³/mol. The zero-order valence-corrected chi connectivity index (χ0v) is 18.5. The minimum Gasteiger partial charge on any atom is -0.378 e. The van der Waals surface area contributed by atoms with Crippen molar-refractivity contribution in [2.75, 3.05) is 25.1 Å². The van der Waals surface area contributed by atoms with E-state index in [9.17, 15) is 0 Å². The molecule has 0 amide bonds. The fourth-order valence-electron chi connectivity index (χ4n) is 4.82. The van der Waals surface area contributed by atoms with E-state index < -0.39 is 0 Å². The van der Waals surface area contributed by atoms with Gasteiger partial charge in [0.15, 0.2) is 0 Å². The number of hydrogen-bond donors (Lipinski definition) is 1. The number of pyridine rings is 1. The minimum absolute atomic E-state index is 0.546. The van der Waals surface area contributed by atoms with Gasteiger partial charge in [-0.15, -0.1) is 22.7 Å². The third-order valence-corrected chi connectivity index (χ3v) is 8.54. The smallest absolute Gasteiger partial charge is 0.125 e. The molecule has 0 spiro atoms. The molecule has 2 fully saturated rings. The topological polar surface area (TPSA) is 50.3 Å². The Morgan fingerprint density at radius 2 is 2.10 bits per heavy atom. The first-order chi connectivity index (χ1) is 14.8. The summed E-state index contributed by atoms with van der Waals surface area (Å²) in [6, 6.07) is 12.0. The molecule has 0 saturated carbocycles. The Balaban J connectivity index is 1.31. The first kappa shape index (κ1) is 18.7. The van der Waals surface area contributed by atoms with E-state index in [1.807, 2.05) is 23.0 Å². The van der Waals surface area contributed by atoms with Gasteiger partial charge in [-0.2, -0.15) is 0 Å². The molecule has 3 aromatic heterocycles. The number of aromatic nitrogens is 2. The summed E-state index contributed by atoms with van der Waals surface area (Å²) in [6.45, 7) is 5.37. The van der Waals surface area contributed by atoms with Crippen LogP contribution in [-0.2, 0) is 4.74 Å². The molecule has 0 unspecified atom stereocenters. The summed E-state index contributed by atoms with van der Waals surface area (Å²) < 4.78 is 6.67. The van der Waals surface area contributed by atoms with Crippen molar-refractivity contribution in [3.8, 4) is 0 Å². The van der Waals surface area contributed by atoms with Crippen LogP contribution in [0, 0.1) is 0 Å². The van der Waals surface area contributed by atoms with Gasteiger partial charge in [-0.25, -0.2) is 9.97 Å². The number of fused-ring (bicyclic) bond motifs is 2. The standard InChI is InChI=1S/C23H24N4OS2/c1-14-17(3-2-8-27(14)16-11-28-12-16)22-10-18-19(6-7-24-23(18)30-22)26-15-4-5-21-20(9-15)25-13-29-21/h4-7,9-10,13-14,16-17H,2-3,8,11-12H2,1H3,(H,24,26)/t14-,17-/m0/s1. The van der Waals surface area contributed by atoms with Crippen LogP contribution in [0.25, 0.3) is 20.4 Å². The van der Waals surface area contributed by atoms with Crippen LogP contribution in [0.4, 0.5) is 11.4 Å². The van der Waals surface area contributed by atoms with Crippen molar-refractivity contribution in [3.63, 3.8) is 0 Å². The lowest BCUT2D eigenvalue weighted by atomic mass is 9.87. The van der Waals surface area contributed by atoms with Crippen LogP contribution in [-0.4, -0.2) is 46.7 Å². The van der Waals surface area contributed by atoms with E-state index in [-0.39, 0.29) is 0 Å². The average Bonchev–Trinajstić information content (AvgIpc) is 3.35. The summed E-state index contributed by atoms with van der Waals surface area (Å²) in [7, 11) is 0. The lowest BCUT2D eigenvalue weighted by molar-refractivity contribution is -0.0877. The van der Waals surface area contributed by atoms with Crippen LogP contribution in [0.15, 0.2) is 42.0 Å². The highest BCUT2D eigenvalue weighted by atomic mass is 32.1.